The Morgan fingerprint density at radius 1 is 1.36 bits per heavy atom. The molecule has 1 atom stereocenters. The Labute approximate surface area is 73.3 Å². The summed E-state index contributed by atoms with van der Waals surface area (Å²) in [5, 5.41) is 2.16. The highest BCUT2D eigenvalue weighted by atomic mass is 32.1. The van der Waals surface area contributed by atoms with Gasteiger partial charge in [0, 0.05) is 4.88 Å². The van der Waals surface area contributed by atoms with Crippen molar-refractivity contribution < 1.29 is 0 Å². The zero-order valence-electron chi connectivity index (χ0n) is 7.50. The second-order valence-electron chi connectivity index (χ2n) is 3.50. The molecule has 1 aromatic rings. The number of hydrogen-bond donors (Lipinski definition) is 0. The monoisotopic (exact) mass is 168 g/mol. The van der Waals surface area contributed by atoms with Crippen LogP contribution in [0.1, 0.15) is 25.6 Å². The maximum absolute atomic E-state index is 2.32. The molecule has 0 radical (unpaired) electrons. The average Bonchev–Trinajstić information content (AvgIpc) is 2.39. The van der Waals surface area contributed by atoms with Crippen molar-refractivity contribution >= 4 is 11.3 Å². The predicted octanol–water partition coefficient (Wildman–Crippen LogP) is 3.58. The van der Waals surface area contributed by atoms with E-state index in [2.05, 4.69) is 38.3 Å². The fourth-order valence-corrected chi connectivity index (χ4v) is 1.83. The van der Waals surface area contributed by atoms with Crippen molar-refractivity contribution in [3.63, 3.8) is 0 Å². The first-order chi connectivity index (χ1) is 5.20. The molecule has 0 saturated heterocycles. The molecule has 0 nitrogen and oxygen atoms in total. The molecule has 0 fully saturated rings. The number of rotatable bonds is 3. The van der Waals surface area contributed by atoms with Gasteiger partial charge in [-0.25, -0.2) is 0 Å². The minimum Gasteiger partial charge on any atom is -0.149 e. The van der Waals surface area contributed by atoms with Gasteiger partial charge in [-0.2, -0.15) is 0 Å². The topological polar surface area (TPSA) is 0 Å². The third-order valence-corrected chi connectivity index (χ3v) is 3.14. The van der Waals surface area contributed by atoms with E-state index >= 15 is 0 Å². The lowest BCUT2D eigenvalue weighted by molar-refractivity contribution is 0.420. The molecule has 1 unspecified atom stereocenters. The number of thiophene rings is 1. The van der Waals surface area contributed by atoms with E-state index in [-0.39, 0.29) is 0 Å². The highest BCUT2D eigenvalue weighted by Gasteiger charge is 2.07. The molecule has 0 aliphatic carbocycles. The first kappa shape index (κ1) is 8.79. The van der Waals surface area contributed by atoms with Crippen molar-refractivity contribution in [3.05, 3.63) is 22.4 Å². The fourth-order valence-electron chi connectivity index (χ4n) is 0.982. The summed E-state index contributed by atoms with van der Waals surface area (Å²) in [6, 6.07) is 4.36. The second kappa shape index (κ2) is 3.91. The van der Waals surface area contributed by atoms with Crippen LogP contribution in [0.4, 0.5) is 0 Å². The molecule has 1 aromatic heterocycles. The SMILES string of the molecule is CC(C)C(C)Cc1cccs1. The molecule has 62 valence electrons. The highest BCUT2D eigenvalue weighted by molar-refractivity contribution is 7.09. The van der Waals surface area contributed by atoms with Crippen molar-refractivity contribution in [1.29, 1.82) is 0 Å². The molecule has 0 aliphatic heterocycles. The standard InChI is InChI=1S/C10H16S/c1-8(2)9(3)7-10-5-4-6-11-10/h4-6,8-9H,7H2,1-3H3. The Morgan fingerprint density at radius 3 is 2.55 bits per heavy atom. The Bertz CT molecular complexity index is 187. The highest BCUT2D eigenvalue weighted by Crippen LogP contribution is 2.19. The fraction of sp³-hybridized carbons (Fsp3) is 0.600. The van der Waals surface area contributed by atoms with Crippen molar-refractivity contribution in [3.8, 4) is 0 Å². The molecular weight excluding hydrogens is 152 g/mol. The molecule has 11 heavy (non-hydrogen) atoms. The number of hydrogen-bond acceptors (Lipinski definition) is 1. The summed E-state index contributed by atoms with van der Waals surface area (Å²) in [6.07, 6.45) is 1.25. The van der Waals surface area contributed by atoms with Gasteiger partial charge in [0.1, 0.15) is 0 Å². The molecule has 1 heterocycles. The van der Waals surface area contributed by atoms with Crippen molar-refractivity contribution in [2.24, 2.45) is 11.8 Å². The minimum atomic E-state index is 0.803. The lowest BCUT2D eigenvalue weighted by Crippen LogP contribution is -2.05. The Morgan fingerprint density at radius 2 is 2.09 bits per heavy atom. The predicted molar refractivity (Wildman–Crippen MR) is 52.0 cm³/mol. The van der Waals surface area contributed by atoms with Gasteiger partial charge in [0.15, 0.2) is 0 Å². The average molecular weight is 168 g/mol. The first-order valence-corrected chi connectivity index (χ1v) is 5.10. The molecular formula is C10H16S. The summed E-state index contributed by atoms with van der Waals surface area (Å²) in [5.74, 6) is 1.62. The van der Waals surface area contributed by atoms with Crippen LogP contribution in [0.5, 0.6) is 0 Å². The Balaban J connectivity index is 2.43. The molecule has 0 N–H and O–H groups in total. The van der Waals surface area contributed by atoms with E-state index < -0.39 is 0 Å². The van der Waals surface area contributed by atoms with Crippen LogP contribution in [0.15, 0.2) is 17.5 Å². The summed E-state index contributed by atoms with van der Waals surface area (Å²) in [6.45, 7) is 6.90. The van der Waals surface area contributed by atoms with Crippen LogP contribution in [0.2, 0.25) is 0 Å². The van der Waals surface area contributed by atoms with E-state index in [1.54, 1.807) is 0 Å². The smallest absolute Gasteiger partial charge is 0.00479 e. The van der Waals surface area contributed by atoms with Gasteiger partial charge in [0.25, 0.3) is 0 Å². The molecule has 0 spiro atoms. The first-order valence-electron chi connectivity index (χ1n) is 4.22. The van der Waals surface area contributed by atoms with Gasteiger partial charge in [-0.1, -0.05) is 26.8 Å². The Hall–Kier alpha value is -0.300. The van der Waals surface area contributed by atoms with Crippen LogP contribution in [-0.2, 0) is 6.42 Å². The molecule has 1 rings (SSSR count). The zero-order valence-corrected chi connectivity index (χ0v) is 8.32. The van der Waals surface area contributed by atoms with Crippen molar-refractivity contribution in [2.45, 2.75) is 27.2 Å². The zero-order chi connectivity index (χ0) is 8.27. The van der Waals surface area contributed by atoms with E-state index in [1.165, 1.54) is 11.3 Å². The lowest BCUT2D eigenvalue weighted by Gasteiger charge is -2.13. The van der Waals surface area contributed by atoms with Crippen LogP contribution in [0.25, 0.3) is 0 Å². The van der Waals surface area contributed by atoms with E-state index in [0.717, 1.165) is 11.8 Å². The van der Waals surface area contributed by atoms with E-state index in [1.807, 2.05) is 11.3 Å². The van der Waals surface area contributed by atoms with E-state index in [4.69, 9.17) is 0 Å². The van der Waals surface area contributed by atoms with E-state index in [9.17, 15) is 0 Å². The molecule has 0 aromatic carbocycles. The Kier molecular flexibility index (Phi) is 3.13. The lowest BCUT2D eigenvalue weighted by atomic mass is 9.94. The summed E-state index contributed by atoms with van der Waals surface area (Å²) in [5.41, 5.74) is 0. The van der Waals surface area contributed by atoms with Crippen LogP contribution < -0.4 is 0 Å². The normalized spacial score (nSPS) is 13.8. The van der Waals surface area contributed by atoms with Gasteiger partial charge in [-0.05, 0) is 29.7 Å². The van der Waals surface area contributed by atoms with Gasteiger partial charge < -0.3 is 0 Å². The van der Waals surface area contributed by atoms with Crippen molar-refractivity contribution in [1.82, 2.24) is 0 Å². The second-order valence-corrected chi connectivity index (χ2v) is 4.54. The molecule has 1 heteroatoms. The quantitative estimate of drug-likeness (QED) is 0.647. The minimum absolute atomic E-state index is 0.803. The van der Waals surface area contributed by atoms with Crippen LogP contribution in [0.3, 0.4) is 0 Å². The third-order valence-electron chi connectivity index (χ3n) is 2.24. The van der Waals surface area contributed by atoms with Crippen LogP contribution in [-0.4, -0.2) is 0 Å². The molecule has 0 amide bonds. The summed E-state index contributed by atoms with van der Waals surface area (Å²) in [7, 11) is 0. The van der Waals surface area contributed by atoms with Gasteiger partial charge in [-0.15, -0.1) is 11.3 Å². The maximum Gasteiger partial charge on any atom is 0.00479 e. The summed E-state index contributed by atoms with van der Waals surface area (Å²) < 4.78 is 0. The molecule has 0 saturated carbocycles. The van der Waals surface area contributed by atoms with Gasteiger partial charge in [0.2, 0.25) is 0 Å². The molecule has 0 aliphatic rings. The largest absolute Gasteiger partial charge is 0.149 e. The van der Waals surface area contributed by atoms with E-state index in [0.29, 0.717) is 0 Å². The van der Waals surface area contributed by atoms with Gasteiger partial charge >= 0.3 is 0 Å². The van der Waals surface area contributed by atoms with Crippen LogP contribution in [0, 0.1) is 11.8 Å². The van der Waals surface area contributed by atoms with Crippen LogP contribution >= 0.6 is 11.3 Å². The molecule has 0 bridgehead atoms. The van der Waals surface area contributed by atoms with Gasteiger partial charge in [-0.3, -0.25) is 0 Å². The summed E-state index contributed by atoms with van der Waals surface area (Å²) >= 11 is 1.87. The van der Waals surface area contributed by atoms with Crippen molar-refractivity contribution in [2.75, 3.05) is 0 Å². The van der Waals surface area contributed by atoms with Gasteiger partial charge in [0.05, 0.1) is 0 Å². The third kappa shape index (κ3) is 2.66. The maximum atomic E-state index is 2.32. The summed E-state index contributed by atoms with van der Waals surface area (Å²) in [4.78, 5) is 1.52.